The molecular weight excluding hydrogens is 324 g/mol. The zero-order valence-corrected chi connectivity index (χ0v) is 14.6. The Morgan fingerprint density at radius 3 is 2.25 bits per heavy atom. The summed E-state index contributed by atoms with van der Waals surface area (Å²) >= 11 is 0. The van der Waals surface area contributed by atoms with Crippen molar-refractivity contribution in [3.05, 3.63) is 42.2 Å². The van der Waals surface area contributed by atoms with E-state index in [0.29, 0.717) is 11.6 Å². The van der Waals surface area contributed by atoms with Crippen molar-refractivity contribution in [1.82, 2.24) is 9.97 Å². The molecule has 1 aromatic carbocycles. The van der Waals surface area contributed by atoms with Gasteiger partial charge in [0.15, 0.2) is 0 Å². The van der Waals surface area contributed by atoms with Crippen LogP contribution in [0.15, 0.2) is 41.6 Å². The van der Waals surface area contributed by atoms with Crippen LogP contribution >= 0.6 is 0 Å². The molecule has 2 aromatic rings. The molecule has 1 aliphatic rings. The summed E-state index contributed by atoms with van der Waals surface area (Å²) in [5.41, 5.74) is 1.47. The van der Waals surface area contributed by atoms with Crippen LogP contribution in [0.4, 0.5) is 11.6 Å². The minimum Gasteiger partial charge on any atom is -0.341 e. The first-order chi connectivity index (χ1) is 11.6. The molecule has 0 atom stereocenters. The lowest BCUT2D eigenvalue weighted by Gasteiger charge is -2.26. The van der Waals surface area contributed by atoms with Crippen molar-refractivity contribution in [1.29, 1.82) is 0 Å². The summed E-state index contributed by atoms with van der Waals surface area (Å²) < 4.78 is 27.4. The Morgan fingerprint density at radius 1 is 1.04 bits per heavy atom. The smallest absolute Gasteiger partial charge is 0.261 e. The molecule has 128 valence electrons. The maximum atomic E-state index is 12.4. The van der Waals surface area contributed by atoms with E-state index in [1.807, 2.05) is 19.1 Å². The van der Waals surface area contributed by atoms with Crippen LogP contribution in [0.3, 0.4) is 0 Å². The van der Waals surface area contributed by atoms with Gasteiger partial charge >= 0.3 is 0 Å². The molecule has 6 nitrogen and oxygen atoms in total. The number of aryl methyl sites for hydroxylation is 1. The number of rotatable bonds is 5. The zero-order valence-electron chi connectivity index (χ0n) is 13.8. The Balaban J connectivity index is 1.72. The van der Waals surface area contributed by atoms with E-state index >= 15 is 0 Å². The molecule has 1 saturated heterocycles. The van der Waals surface area contributed by atoms with Gasteiger partial charge in [-0.2, -0.15) is 0 Å². The topological polar surface area (TPSA) is 75.2 Å². The van der Waals surface area contributed by atoms with Gasteiger partial charge in [0, 0.05) is 13.1 Å². The van der Waals surface area contributed by atoms with Gasteiger partial charge in [-0.05, 0) is 43.4 Å². The van der Waals surface area contributed by atoms with Crippen molar-refractivity contribution in [3.8, 4) is 0 Å². The van der Waals surface area contributed by atoms with Crippen molar-refractivity contribution in [2.24, 2.45) is 0 Å². The zero-order chi connectivity index (χ0) is 17.0. The normalized spacial score (nSPS) is 15.3. The molecule has 7 heteroatoms. The van der Waals surface area contributed by atoms with Crippen molar-refractivity contribution in [3.63, 3.8) is 0 Å². The maximum Gasteiger partial charge on any atom is 0.261 e. The summed E-state index contributed by atoms with van der Waals surface area (Å²) in [6, 6.07) is 6.88. The molecule has 0 aliphatic carbocycles. The SMILES string of the molecule is CCc1ccc(S(=O)(=O)Nc2cnc(N3CCCCC3)nc2)cc1. The fourth-order valence-corrected chi connectivity index (χ4v) is 3.78. The second-order valence-corrected chi connectivity index (χ2v) is 7.60. The highest BCUT2D eigenvalue weighted by atomic mass is 32.2. The van der Waals surface area contributed by atoms with Crippen molar-refractivity contribution in [2.75, 3.05) is 22.7 Å². The summed E-state index contributed by atoms with van der Waals surface area (Å²) in [5.74, 6) is 0.657. The molecule has 2 heterocycles. The number of nitrogens with one attached hydrogen (secondary N) is 1. The summed E-state index contributed by atoms with van der Waals surface area (Å²) in [7, 11) is -3.62. The molecule has 0 unspecified atom stereocenters. The Hall–Kier alpha value is -2.15. The van der Waals surface area contributed by atoms with Gasteiger partial charge in [-0.15, -0.1) is 0 Å². The van der Waals surface area contributed by atoms with Crippen molar-refractivity contribution < 1.29 is 8.42 Å². The third-order valence-corrected chi connectivity index (χ3v) is 5.57. The minimum absolute atomic E-state index is 0.236. The van der Waals surface area contributed by atoms with E-state index in [4.69, 9.17) is 0 Å². The summed E-state index contributed by atoms with van der Waals surface area (Å²) in [5, 5.41) is 0. The van der Waals surface area contributed by atoms with Gasteiger partial charge in [-0.25, -0.2) is 18.4 Å². The van der Waals surface area contributed by atoms with Crippen LogP contribution in [-0.4, -0.2) is 31.5 Å². The molecule has 1 fully saturated rings. The van der Waals surface area contributed by atoms with Gasteiger partial charge in [-0.1, -0.05) is 19.1 Å². The fourth-order valence-electron chi connectivity index (χ4n) is 2.75. The Kier molecular flexibility index (Phi) is 4.99. The van der Waals surface area contributed by atoms with Crippen molar-refractivity contribution in [2.45, 2.75) is 37.5 Å². The van der Waals surface area contributed by atoms with Gasteiger partial charge in [0.1, 0.15) is 0 Å². The largest absolute Gasteiger partial charge is 0.341 e. The third-order valence-electron chi connectivity index (χ3n) is 4.17. The van der Waals surface area contributed by atoms with E-state index in [1.165, 1.54) is 18.8 Å². The molecule has 3 rings (SSSR count). The van der Waals surface area contributed by atoms with Gasteiger partial charge in [-0.3, -0.25) is 4.72 Å². The van der Waals surface area contributed by atoms with E-state index in [1.54, 1.807) is 12.1 Å². The van der Waals surface area contributed by atoms with Crippen LogP contribution < -0.4 is 9.62 Å². The van der Waals surface area contributed by atoms with Crippen LogP contribution in [0, 0.1) is 0 Å². The van der Waals surface area contributed by atoms with Gasteiger partial charge in [0.25, 0.3) is 10.0 Å². The molecule has 0 bridgehead atoms. The quantitative estimate of drug-likeness (QED) is 0.901. The number of hydrogen-bond acceptors (Lipinski definition) is 5. The molecule has 1 aliphatic heterocycles. The van der Waals surface area contributed by atoms with Crippen LogP contribution in [0.5, 0.6) is 0 Å². The molecule has 0 saturated carbocycles. The summed E-state index contributed by atoms with van der Waals surface area (Å²) in [6.07, 6.45) is 7.45. The highest BCUT2D eigenvalue weighted by molar-refractivity contribution is 7.92. The molecule has 1 aromatic heterocycles. The predicted molar refractivity (Wildman–Crippen MR) is 94.7 cm³/mol. The molecular formula is C17H22N4O2S. The summed E-state index contributed by atoms with van der Waals surface area (Å²) in [6.45, 7) is 3.94. The molecule has 1 N–H and O–H groups in total. The van der Waals surface area contributed by atoms with Crippen LogP contribution in [0.25, 0.3) is 0 Å². The number of anilines is 2. The van der Waals surface area contributed by atoms with Crippen molar-refractivity contribution >= 4 is 21.7 Å². The highest BCUT2D eigenvalue weighted by Crippen LogP contribution is 2.19. The Bertz CT molecular complexity index is 767. The fraction of sp³-hybridized carbons (Fsp3) is 0.412. The van der Waals surface area contributed by atoms with Gasteiger partial charge in [0.2, 0.25) is 5.95 Å². The van der Waals surface area contributed by atoms with E-state index in [-0.39, 0.29) is 4.90 Å². The monoisotopic (exact) mass is 346 g/mol. The predicted octanol–water partition coefficient (Wildman–Crippen LogP) is 2.83. The first kappa shape index (κ1) is 16.7. The summed E-state index contributed by atoms with van der Waals surface area (Å²) in [4.78, 5) is 11.0. The van der Waals surface area contributed by atoms with E-state index < -0.39 is 10.0 Å². The van der Waals surface area contributed by atoms with Crippen LogP contribution in [-0.2, 0) is 16.4 Å². The third kappa shape index (κ3) is 3.84. The van der Waals surface area contributed by atoms with Gasteiger partial charge < -0.3 is 4.90 Å². The first-order valence-electron chi connectivity index (χ1n) is 8.27. The Labute approximate surface area is 143 Å². The minimum atomic E-state index is -3.62. The molecule has 0 spiro atoms. The standard InChI is InChI=1S/C17H22N4O2S/c1-2-14-6-8-16(9-7-14)24(22,23)20-15-12-18-17(19-13-15)21-10-4-3-5-11-21/h6-9,12-13,20H,2-5,10-11H2,1H3. The average molecular weight is 346 g/mol. The Morgan fingerprint density at radius 2 is 1.67 bits per heavy atom. The van der Waals surface area contributed by atoms with Gasteiger partial charge in [0.05, 0.1) is 23.0 Å². The van der Waals surface area contributed by atoms with Crippen LogP contribution in [0.1, 0.15) is 31.7 Å². The highest BCUT2D eigenvalue weighted by Gasteiger charge is 2.16. The van der Waals surface area contributed by atoms with Crippen LogP contribution in [0.2, 0.25) is 0 Å². The molecule has 0 radical (unpaired) electrons. The second-order valence-electron chi connectivity index (χ2n) is 5.92. The molecule has 24 heavy (non-hydrogen) atoms. The van der Waals surface area contributed by atoms with E-state index in [9.17, 15) is 8.42 Å². The van der Waals surface area contributed by atoms with E-state index in [0.717, 1.165) is 37.9 Å². The maximum absolute atomic E-state index is 12.4. The lowest BCUT2D eigenvalue weighted by Crippen LogP contribution is -2.30. The number of hydrogen-bond donors (Lipinski definition) is 1. The first-order valence-corrected chi connectivity index (χ1v) is 9.75. The number of benzene rings is 1. The number of aromatic nitrogens is 2. The average Bonchev–Trinajstić information content (AvgIpc) is 2.63. The number of sulfonamides is 1. The molecule has 0 amide bonds. The van der Waals surface area contributed by atoms with E-state index in [2.05, 4.69) is 19.6 Å². The second kappa shape index (κ2) is 7.17. The lowest BCUT2D eigenvalue weighted by molar-refractivity contribution is 0.568. The number of nitrogens with zero attached hydrogens (tertiary/aromatic N) is 3. The number of piperidine rings is 1. The lowest BCUT2D eigenvalue weighted by atomic mass is 10.1.